The fourth-order valence-corrected chi connectivity index (χ4v) is 3.09. The number of carbonyl (C=O) groups excluding carboxylic acids is 2. The Bertz CT molecular complexity index is 571. The van der Waals surface area contributed by atoms with Crippen LogP contribution >= 0.6 is 34.4 Å². The Labute approximate surface area is 129 Å². The maximum absolute atomic E-state index is 12.0. The molecule has 19 heavy (non-hydrogen) atoms. The molecule has 2 rings (SSSR count). The van der Waals surface area contributed by atoms with Crippen LogP contribution in [0.15, 0.2) is 23.1 Å². The van der Waals surface area contributed by atoms with E-state index < -0.39 is 0 Å². The smallest absolute Gasteiger partial charge is 0.293 e. The lowest BCUT2D eigenvalue weighted by Crippen LogP contribution is -2.28. The number of benzene rings is 1. The summed E-state index contributed by atoms with van der Waals surface area (Å²) in [6.07, 6.45) is 2.44. The molecule has 0 aliphatic carbocycles. The molecule has 1 aliphatic rings. The highest BCUT2D eigenvalue weighted by Gasteiger charge is 2.34. The Morgan fingerprint density at radius 3 is 2.79 bits per heavy atom. The van der Waals surface area contributed by atoms with Gasteiger partial charge in [0.1, 0.15) is 5.75 Å². The molecule has 1 saturated heterocycles. The number of thioether (sulfide) groups is 1. The maximum Gasteiger partial charge on any atom is 0.293 e. The molecule has 6 heteroatoms. The average Bonchev–Trinajstić information content (AvgIpc) is 2.62. The van der Waals surface area contributed by atoms with Gasteiger partial charge in [-0.3, -0.25) is 14.5 Å². The van der Waals surface area contributed by atoms with E-state index in [0.29, 0.717) is 15.0 Å². The summed E-state index contributed by atoms with van der Waals surface area (Å²) in [5.74, 6) is -0.0308. The molecule has 1 heterocycles. The molecule has 0 atom stereocenters. The van der Waals surface area contributed by atoms with Crippen LogP contribution in [-0.4, -0.2) is 27.7 Å². The molecule has 1 aliphatic heterocycles. The first kappa shape index (κ1) is 14.4. The van der Waals surface area contributed by atoms with E-state index in [1.807, 2.05) is 29.5 Å². The van der Waals surface area contributed by atoms with Gasteiger partial charge in [0.05, 0.1) is 8.48 Å². The van der Waals surface area contributed by atoms with Gasteiger partial charge < -0.3 is 5.11 Å². The first-order chi connectivity index (χ1) is 9.02. The van der Waals surface area contributed by atoms with Gasteiger partial charge in [0.25, 0.3) is 11.1 Å². The topological polar surface area (TPSA) is 57.6 Å². The first-order valence-corrected chi connectivity index (χ1v) is 7.66. The van der Waals surface area contributed by atoms with Crippen molar-refractivity contribution in [2.45, 2.75) is 13.3 Å². The van der Waals surface area contributed by atoms with Crippen molar-refractivity contribution in [3.8, 4) is 5.75 Å². The minimum absolute atomic E-state index is 0.205. The van der Waals surface area contributed by atoms with Gasteiger partial charge in [-0.15, -0.1) is 0 Å². The minimum Gasteiger partial charge on any atom is -0.507 e. The number of hydrogen-bond donors (Lipinski definition) is 1. The molecule has 0 saturated carbocycles. The van der Waals surface area contributed by atoms with Crippen molar-refractivity contribution >= 4 is 51.6 Å². The number of rotatable bonds is 3. The van der Waals surface area contributed by atoms with Gasteiger partial charge in [-0.25, -0.2) is 0 Å². The Kier molecular flexibility index (Phi) is 4.51. The fraction of sp³-hybridized carbons (Fsp3) is 0.231. The zero-order valence-electron chi connectivity index (χ0n) is 10.2. The molecule has 0 spiro atoms. The second-order valence-corrected chi connectivity index (χ2v) is 6.20. The highest BCUT2D eigenvalue weighted by Crippen LogP contribution is 2.32. The molecule has 1 N–H and O–H groups in total. The van der Waals surface area contributed by atoms with Crippen molar-refractivity contribution in [2.24, 2.45) is 0 Å². The van der Waals surface area contributed by atoms with Crippen LogP contribution in [0.2, 0.25) is 0 Å². The van der Waals surface area contributed by atoms with Gasteiger partial charge in [0, 0.05) is 6.54 Å². The largest absolute Gasteiger partial charge is 0.507 e. The number of nitrogens with zero attached hydrogens (tertiary/aromatic N) is 1. The van der Waals surface area contributed by atoms with Gasteiger partial charge in [-0.05, 0) is 64.5 Å². The second kappa shape index (κ2) is 5.96. The SMILES string of the molecule is CCCN1C(=O)S/C(=C\c2ccc(O)c(I)c2)C1=O. The van der Waals surface area contributed by atoms with Gasteiger partial charge >= 0.3 is 0 Å². The highest BCUT2D eigenvalue weighted by molar-refractivity contribution is 14.1. The standard InChI is InChI=1S/C13H12INO3S/c1-2-5-15-12(17)11(19-13(15)18)7-8-3-4-10(16)9(14)6-8/h3-4,6-7,16H,2,5H2,1H3/b11-7-. The summed E-state index contributed by atoms with van der Waals surface area (Å²) in [4.78, 5) is 25.4. The van der Waals surface area contributed by atoms with Gasteiger partial charge in [-0.2, -0.15) is 0 Å². The molecule has 1 aromatic carbocycles. The van der Waals surface area contributed by atoms with E-state index >= 15 is 0 Å². The van der Waals surface area contributed by atoms with Gasteiger partial charge in [0.15, 0.2) is 0 Å². The van der Waals surface area contributed by atoms with Crippen molar-refractivity contribution in [1.29, 1.82) is 0 Å². The van der Waals surface area contributed by atoms with Crippen molar-refractivity contribution in [3.05, 3.63) is 32.2 Å². The van der Waals surface area contributed by atoms with E-state index in [4.69, 9.17) is 0 Å². The van der Waals surface area contributed by atoms with Crippen LogP contribution < -0.4 is 0 Å². The minimum atomic E-state index is -0.236. The van der Waals surface area contributed by atoms with E-state index in [2.05, 4.69) is 0 Å². The van der Waals surface area contributed by atoms with Crippen LogP contribution in [0.5, 0.6) is 5.75 Å². The molecule has 4 nitrogen and oxygen atoms in total. The number of phenols is 1. The van der Waals surface area contributed by atoms with E-state index in [1.165, 1.54) is 4.90 Å². The molecule has 0 aromatic heterocycles. The van der Waals surface area contributed by atoms with Crippen LogP contribution in [-0.2, 0) is 4.79 Å². The molecule has 2 amide bonds. The Hall–Kier alpha value is -1.02. The molecule has 0 unspecified atom stereocenters. The summed E-state index contributed by atoms with van der Waals surface area (Å²) in [6.45, 7) is 2.38. The molecule has 0 radical (unpaired) electrons. The van der Waals surface area contributed by atoms with Gasteiger partial charge in [-0.1, -0.05) is 13.0 Å². The average molecular weight is 389 g/mol. The Morgan fingerprint density at radius 2 is 2.16 bits per heavy atom. The number of hydrogen-bond acceptors (Lipinski definition) is 4. The summed E-state index contributed by atoms with van der Waals surface area (Å²) < 4.78 is 0.708. The zero-order chi connectivity index (χ0) is 14.0. The molecule has 1 aromatic rings. The summed E-state index contributed by atoms with van der Waals surface area (Å²) >= 11 is 2.98. The van der Waals surface area contributed by atoms with E-state index in [0.717, 1.165) is 23.7 Å². The third kappa shape index (κ3) is 3.11. The first-order valence-electron chi connectivity index (χ1n) is 5.77. The summed E-state index contributed by atoms with van der Waals surface area (Å²) in [5.41, 5.74) is 0.796. The van der Waals surface area contributed by atoms with E-state index in [9.17, 15) is 14.7 Å². The van der Waals surface area contributed by atoms with E-state index in [1.54, 1.807) is 24.3 Å². The molecule has 1 fully saturated rings. The Morgan fingerprint density at radius 1 is 1.42 bits per heavy atom. The fourth-order valence-electron chi connectivity index (χ4n) is 1.68. The number of phenolic OH excluding ortho intramolecular Hbond substituents is 1. The molecular weight excluding hydrogens is 377 g/mol. The second-order valence-electron chi connectivity index (χ2n) is 4.04. The van der Waals surface area contributed by atoms with Crippen molar-refractivity contribution in [2.75, 3.05) is 6.54 Å². The zero-order valence-corrected chi connectivity index (χ0v) is 13.2. The number of imide groups is 1. The normalized spacial score (nSPS) is 17.6. The summed E-state index contributed by atoms with van der Waals surface area (Å²) in [6, 6.07) is 5.05. The van der Waals surface area contributed by atoms with Gasteiger partial charge in [0.2, 0.25) is 0 Å². The lowest BCUT2D eigenvalue weighted by Gasteiger charge is -2.09. The maximum atomic E-state index is 12.0. The van der Waals surface area contributed by atoms with Crippen molar-refractivity contribution in [1.82, 2.24) is 4.90 Å². The lowest BCUT2D eigenvalue weighted by molar-refractivity contribution is -0.122. The molecule has 0 bridgehead atoms. The van der Waals surface area contributed by atoms with E-state index in [-0.39, 0.29) is 16.9 Å². The quantitative estimate of drug-likeness (QED) is 0.636. The number of aromatic hydroxyl groups is 1. The van der Waals surface area contributed by atoms with Crippen molar-refractivity contribution < 1.29 is 14.7 Å². The monoisotopic (exact) mass is 389 g/mol. The van der Waals surface area contributed by atoms with Crippen LogP contribution in [0.4, 0.5) is 4.79 Å². The van der Waals surface area contributed by atoms with Crippen LogP contribution in [0, 0.1) is 3.57 Å². The van der Waals surface area contributed by atoms with Crippen LogP contribution in [0.1, 0.15) is 18.9 Å². The molecular formula is C13H12INO3S. The number of amides is 2. The predicted molar refractivity (Wildman–Crippen MR) is 83.8 cm³/mol. The number of halogens is 1. The van der Waals surface area contributed by atoms with Crippen molar-refractivity contribution in [3.63, 3.8) is 0 Å². The Balaban J connectivity index is 2.27. The number of carbonyl (C=O) groups is 2. The summed E-state index contributed by atoms with van der Waals surface area (Å²) in [7, 11) is 0. The molecule has 100 valence electrons. The van der Waals surface area contributed by atoms with Crippen LogP contribution in [0.25, 0.3) is 6.08 Å². The summed E-state index contributed by atoms with van der Waals surface area (Å²) in [5, 5.41) is 9.23. The third-order valence-electron chi connectivity index (χ3n) is 2.59. The third-order valence-corrected chi connectivity index (χ3v) is 4.36. The van der Waals surface area contributed by atoms with Crippen LogP contribution in [0.3, 0.4) is 0 Å². The predicted octanol–water partition coefficient (Wildman–Crippen LogP) is 3.44. The highest BCUT2D eigenvalue weighted by atomic mass is 127. The lowest BCUT2D eigenvalue weighted by atomic mass is 10.2.